The number of aromatic nitrogens is 1. The number of benzene rings is 2. The Kier molecular flexibility index (Phi) is 4.98. The Morgan fingerprint density at radius 1 is 0.962 bits per heavy atom. The van der Waals surface area contributed by atoms with E-state index in [1.54, 1.807) is 12.1 Å². The lowest BCUT2D eigenvalue weighted by Crippen LogP contribution is -2.28. The molecule has 5 nitrogen and oxygen atoms in total. The van der Waals surface area contributed by atoms with Crippen LogP contribution in [-0.2, 0) is 22.3 Å². The number of H-pyrrole nitrogens is 1. The molecule has 1 aromatic heterocycles. The molecule has 0 amide bonds. The van der Waals surface area contributed by atoms with E-state index < -0.39 is 10.0 Å². The summed E-state index contributed by atoms with van der Waals surface area (Å²) in [7, 11) is -3.54. The van der Waals surface area contributed by atoms with Crippen LogP contribution in [0, 0.1) is 20.8 Å². The molecule has 3 rings (SSSR count). The number of pyridine rings is 1. The minimum Gasteiger partial charge on any atom is -0.321 e. The Labute approximate surface area is 153 Å². The summed E-state index contributed by atoms with van der Waals surface area (Å²) in [5, 5.41) is 0.890. The lowest BCUT2D eigenvalue weighted by atomic mass is 10.0. The maximum Gasteiger partial charge on any atom is 0.252 e. The van der Waals surface area contributed by atoms with E-state index in [1.807, 2.05) is 51.1 Å². The highest BCUT2D eigenvalue weighted by Gasteiger charge is 2.14. The topological polar surface area (TPSA) is 79.0 Å². The van der Waals surface area contributed by atoms with Gasteiger partial charge >= 0.3 is 0 Å². The maximum atomic E-state index is 12.4. The van der Waals surface area contributed by atoms with Crippen molar-refractivity contribution in [3.63, 3.8) is 0 Å². The Hall–Kier alpha value is -2.44. The van der Waals surface area contributed by atoms with Gasteiger partial charge in [-0.15, -0.1) is 0 Å². The average molecular weight is 370 g/mol. The zero-order chi connectivity index (χ0) is 18.9. The zero-order valence-electron chi connectivity index (χ0n) is 15.1. The number of aromatic amines is 1. The van der Waals surface area contributed by atoms with Crippen molar-refractivity contribution in [3.8, 4) is 0 Å². The van der Waals surface area contributed by atoms with E-state index >= 15 is 0 Å². The zero-order valence-corrected chi connectivity index (χ0v) is 15.9. The van der Waals surface area contributed by atoms with E-state index in [0.29, 0.717) is 5.56 Å². The number of rotatable bonds is 5. The van der Waals surface area contributed by atoms with E-state index in [-0.39, 0.29) is 17.9 Å². The first-order chi connectivity index (χ1) is 12.3. The largest absolute Gasteiger partial charge is 0.321 e. The Bertz CT molecular complexity index is 1130. The third-order valence-electron chi connectivity index (χ3n) is 4.72. The highest BCUT2D eigenvalue weighted by molar-refractivity contribution is 7.88. The summed E-state index contributed by atoms with van der Waals surface area (Å²) in [6, 6.07) is 13.0. The third-order valence-corrected chi connectivity index (χ3v) is 5.99. The number of hydrogen-bond donors (Lipinski definition) is 2. The van der Waals surface area contributed by atoms with Crippen molar-refractivity contribution in [1.82, 2.24) is 9.71 Å². The quantitative estimate of drug-likeness (QED) is 0.724. The summed E-state index contributed by atoms with van der Waals surface area (Å²) < 4.78 is 27.3. The maximum absolute atomic E-state index is 12.4. The highest BCUT2D eigenvalue weighted by atomic mass is 32.2. The van der Waals surface area contributed by atoms with Crippen LogP contribution in [0.2, 0.25) is 0 Å². The molecular weight excluding hydrogens is 348 g/mol. The Morgan fingerprint density at radius 3 is 2.42 bits per heavy atom. The summed E-state index contributed by atoms with van der Waals surface area (Å²) in [5.74, 6) is -0.108. The van der Waals surface area contributed by atoms with Gasteiger partial charge in [-0.05, 0) is 54.5 Å². The predicted octanol–water partition coefficient (Wildman–Crippen LogP) is 3.07. The monoisotopic (exact) mass is 370 g/mol. The number of aryl methyl sites for hydroxylation is 3. The first-order valence-corrected chi connectivity index (χ1v) is 10.1. The lowest BCUT2D eigenvalue weighted by Gasteiger charge is -2.10. The Balaban J connectivity index is 1.83. The first kappa shape index (κ1) is 18.4. The fraction of sp³-hybridized carbons (Fsp3) is 0.250. The van der Waals surface area contributed by atoms with Gasteiger partial charge < -0.3 is 4.98 Å². The van der Waals surface area contributed by atoms with Gasteiger partial charge in [0, 0.05) is 12.1 Å². The highest BCUT2D eigenvalue weighted by Crippen LogP contribution is 2.19. The van der Waals surface area contributed by atoms with Crippen LogP contribution < -0.4 is 10.3 Å². The molecule has 0 saturated carbocycles. The second-order valence-electron chi connectivity index (χ2n) is 6.60. The van der Waals surface area contributed by atoms with Gasteiger partial charge in [0.05, 0.1) is 11.3 Å². The normalized spacial score (nSPS) is 11.8. The standard InChI is InChI=1S/C20H22N2O3S/c1-13-8-9-16-10-18(20(23)22-19(16)15(13)3)11-21-26(24,25)12-17-7-5-4-6-14(17)2/h4-10,21H,11-12H2,1-3H3,(H,22,23). The summed E-state index contributed by atoms with van der Waals surface area (Å²) in [5.41, 5.74) is 4.71. The van der Waals surface area contributed by atoms with Crippen LogP contribution in [0.3, 0.4) is 0 Å². The predicted molar refractivity (Wildman–Crippen MR) is 105 cm³/mol. The van der Waals surface area contributed by atoms with Crippen LogP contribution >= 0.6 is 0 Å². The van der Waals surface area contributed by atoms with Crippen LogP contribution in [0.25, 0.3) is 10.9 Å². The molecule has 26 heavy (non-hydrogen) atoms. The Morgan fingerprint density at radius 2 is 1.69 bits per heavy atom. The summed E-state index contributed by atoms with van der Waals surface area (Å²) in [6.45, 7) is 5.79. The number of nitrogens with one attached hydrogen (secondary N) is 2. The molecule has 3 aromatic rings. The molecule has 0 spiro atoms. The molecule has 0 fully saturated rings. The molecule has 0 aliphatic carbocycles. The summed E-state index contributed by atoms with van der Waals surface area (Å²) in [6.07, 6.45) is 0. The van der Waals surface area contributed by atoms with Crippen molar-refractivity contribution < 1.29 is 8.42 Å². The van der Waals surface area contributed by atoms with Crippen molar-refractivity contribution in [2.45, 2.75) is 33.1 Å². The van der Waals surface area contributed by atoms with Crippen molar-refractivity contribution in [3.05, 3.63) is 80.6 Å². The van der Waals surface area contributed by atoms with E-state index in [1.165, 1.54) is 0 Å². The van der Waals surface area contributed by atoms with Crippen LogP contribution in [0.1, 0.15) is 27.8 Å². The molecule has 0 aliphatic rings. The minimum atomic E-state index is -3.54. The van der Waals surface area contributed by atoms with Gasteiger partial charge in [-0.25, -0.2) is 13.1 Å². The van der Waals surface area contributed by atoms with E-state index in [4.69, 9.17) is 0 Å². The first-order valence-electron chi connectivity index (χ1n) is 8.41. The average Bonchev–Trinajstić information content (AvgIpc) is 2.59. The lowest BCUT2D eigenvalue weighted by molar-refractivity contribution is 0.580. The van der Waals surface area contributed by atoms with Gasteiger partial charge in [0.25, 0.3) is 5.56 Å². The summed E-state index contributed by atoms with van der Waals surface area (Å²) in [4.78, 5) is 15.2. The van der Waals surface area contributed by atoms with Crippen LogP contribution in [0.15, 0.2) is 47.3 Å². The molecule has 0 aliphatic heterocycles. The molecule has 1 heterocycles. The summed E-state index contributed by atoms with van der Waals surface area (Å²) >= 11 is 0. The minimum absolute atomic E-state index is 0.0353. The van der Waals surface area contributed by atoms with E-state index in [0.717, 1.165) is 33.2 Å². The second-order valence-corrected chi connectivity index (χ2v) is 8.41. The number of hydrogen-bond acceptors (Lipinski definition) is 3. The molecule has 6 heteroatoms. The van der Waals surface area contributed by atoms with Crippen LogP contribution in [0.5, 0.6) is 0 Å². The third kappa shape index (κ3) is 3.86. The molecule has 0 saturated heterocycles. The van der Waals surface area contributed by atoms with Crippen LogP contribution in [0.4, 0.5) is 0 Å². The molecule has 0 radical (unpaired) electrons. The molecule has 0 bridgehead atoms. The van der Waals surface area contributed by atoms with Crippen molar-refractivity contribution in [2.75, 3.05) is 0 Å². The second kappa shape index (κ2) is 7.05. The molecule has 0 unspecified atom stereocenters. The number of fused-ring (bicyclic) bond motifs is 1. The molecule has 2 aromatic carbocycles. The molecule has 136 valence electrons. The van der Waals surface area contributed by atoms with E-state index in [2.05, 4.69) is 9.71 Å². The van der Waals surface area contributed by atoms with Gasteiger partial charge in [0.1, 0.15) is 0 Å². The van der Waals surface area contributed by atoms with Gasteiger partial charge in [0.2, 0.25) is 10.0 Å². The van der Waals surface area contributed by atoms with Crippen molar-refractivity contribution >= 4 is 20.9 Å². The van der Waals surface area contributed by atoms with Gasteiger partial charge in [-0.3, -0.25) is 4.79 Å². The smallest absolute Gasteiger partial charge is 0.252 e. The molecule has 0 atom stereocenters. The van der Waals surface area contributed by atoms with Crippen molar-refractivity contribution in [2.24, 2.45) is 0 Å². The van der Waals surface area contributed by atoms with Gasteiger partial charge in [-0.2, -0.15) is 0 Å². The van der Waals surface area contributed by atoms with Crippen molar-refractivity contribution in [1.29, 1.82) is 0 Å². The van der Waals surface area contributed by atoms with Gasteiger partial charge in [-0.1, -0.05) is 36.4 Å². The fourth-order valence-corrected chi connectivity index (χ4v) is 4.13. The molecule has 2 N–H and O–H groups in total. The molecular formula is C20H22N2O3S. The van der Waals surface area contributed by atoms with E-state index in [9.17, 15) is 13.2 Å². The number of sulfonamides is 1. The van der Waals surface area contributed by atoms with Gasteiger partial charge in [0.15, 0.2) is 0 Å². The SMILES string of the molecule is Cc1ccccc1CS(=O)(=O)NCc1cc2ccc(C)c(C)c2[nH]c1=O. The van der Waals surface area contributed by atoms with Crippen LogP contribution in [-0.4, -0.2) is 13.4 Å². The fourth-order valence-electron chi connectivity index (χ4n) is 2.92.